The second-order valence-electron chi connectivity index (χ2n) is 3.58. The Morgan fingerprint density at radius 3 is 3.06 bits per heavy atom. The summed E-state index contributed by atoms with van der Waals surface area (Å²) in [4.78, 5) is 14.1. The Balaban J connectivity index is 2.12. The molecule has 0 bridgehead atoms. The van der Waals surface area contributed by atoms with Gasteiger partial charge in [0.2, 0.25) is 0 Å². The van der Waals surface area contributed by atoms with E-state index >= 15 is 0 Å². The molecule has 2 aromatic heterocycles. The van der Waals surface area contributed by atoms with Gasteiger partial charge in [0, 0.05) is 6.54 Å². The zero-order valence-corrected chi connectivity index (χ0v) is 9.13. The molecule has 0 radical (unpaired) electrons. The number of fused-ring (bicyclic) bond motifs is 1. The largest absolute Gasteiger partial charge is 0.368 e. The molecule has 0 aliphatic carbocycles. The third-order valence-corrected chi connectivity index (χ3v) is 2.33. The average Bonchev–Trinajstić information content (AvgIpc) is 2.72. The minimum Gasteiger partial charge on any atom is -0.368 e. The van der Waals surface area contributed by atoms with Crippen LogP contribution in [0.2, 0.25) is 0 Å². The van der Waals surface area contributed by atoms with Gasteiger partial charge < -0.3 is 10.3 Å². The maximum atomic E-state index is 13.0. The number of anilines is 1. The van der Waals surface area contributed by atoms with E-state index in [1.54, 1.807) is 0 Å². The first-order valence-electron chi connectivity index (χ1n) is 5.41. The molecule has 0 amide bonds. The summed E-state index contributed by atoms with van der Waals surface area (Å²) in [6.45, 7) is 2.91. The maximum absolute atomic E-state index is 13.0. The van der Waals surface area contributed by atoms with Gasteiger partial charge >= 0.3 is 6.08 Å². The second kappa shape index (κ2) is 4.87. The van der Waals surface area contributed by atoms with Crippen LogP contribution in [0.1, 0.15) is 26.2 Å². The van der Waals surface area contributed by atoms with Crippen molar-refractivity contribution in [2.45, 2.75) is 26.2 Å². The highest BCUT2D eigenvalue weighted by Crippen LogP contribution is 2.15. The van der Waals surface area contributed by atoms with E-state index in [9.17, 15) is 4.39 Å². The van der Waals surface area contributed by atoms with Crippen molar-refractivity contribution in [1.29, 1.82) is 0 Å². The molecule has 0 saturated heterocycles. The van der Waals surface area contributed by atoms with Crippen LogP contribution in [0.5, 0.6) is 0 Å². The molecular weight excluding hydrogens is 209 g/mol. The molecule has 2 N–H and O–H groups in total. The van der Waals surface area contributed by atoms with Crippen molar-refractivity contribution in [3.63, 3.8) is 0 Å². The zero-order chi connectivity index (χ0) is 11.4. The second-order valence-corrected chi connectivity index (χ2v) is 3.58. The Kier molecular flexibility index (Phi) is 3.28. The number of aromatic nitrogens is 4. The van der Waals surface area contributed by atoms with Gasteiger partial charge in [0.15, 0.2) is 11.5 Å². The highest BCUT2D eigenvalue weighted by molar-refractivity contribution is 5.81. The molecule has 0 aliphatic rings. The molecule has 2 heterocycles. The fourth-order valence-electron chi connectivity index (χ4n) is 1.52. The van der Waals surface area contributed by atoms with Gasteiger partial charge in [-0.15, -0.1) is 0 Å². The number of hydrogen-bond donors (Lipinski definition) is 2. The Morgan fingerprint density at radius 1 is 1.38 bits per heavy atom. The first-order chi connectivity index (χ1) is 7.81. The minimum absolute atomic E-state index is 0.352. The molecule has 2 rings (SSSR count). The van der Waals surface area contributed by atoms with Gasteiger partial charge in [-0.3, -0.25) is 0 Å². The van der Waals surface area contributed by atoms with E-state index in [-0.39, 0.29) is 0 Å². The number of nitrogens with one attached hydrogen (secondary N) is 2. The van der Waals surface area contributed by atoms with E-state index < -0.39 is 6.08 Å². The summed E-state index contributed by atoms with van der Waals surface area (Å²) in [6, 6.07) is 0. The van der Waals surface area contributed by atoms with Crippen LogP contribution in [-0.2, 0) is 0 Å². The topological polar surface area (TPSA) is 66.5 Å². The minimum atomic E-state index is -0.752. The number of unbranched alkanes of at least 4 members (excludes halogenated alkanes) is 2. The molecule has 0 fully saturated rings. The van der Waals surface area contributed by atoms with Gasteiger partial charge in [-0.05, 0) is 6.42 Å². The van der Waals surface area contributed by atoms with Crippen molar-refractivity contribution >= 4 is 17.0 Å². The summed E-state index contributed by atoms with van der Waals surface area (Å²) >= 11 is 0. The van der Waals surface area contributed by atoms with E-state index in [2.05, 4.69) is 32.2 Å². The number of halogens is 1. The number of imidazole rings is 1. The Morgan fingerprint density at radius 2 is 2.25 bits per heavy atom. The van der Waals surface area contributed by atoms with Gasteiger partial charge in [-0.1, -0.05) is 19.8 Å². The third-order valence-electron chi connectivity index (χ3n) is 2.33. The predicted molar refractivity (Wildman–Crippen MR) is 59.7 cm³/mol. The molecule has 0 atom stereocenters. The van der Waals surface area contributed by atoms with Crippen molar-refractivity contribution in [2.75, 3.05) is 11.9 Å². The van der Waals surface area contributed by atoms with E-state index in [4.69, 9.17) is 0 Å². The molecule has 5 nitrogen and oxygen atoms in total. The van der Waals surface area contributed by atoms with Gasteiger partial charge in [-0.2, -0.15) is 14.4 Å². The summed E-state index contributed by atoms with van der Waals surface area (Å²) in [5, 5.41) is 3.09. The van der Waals surface area contributed by atoms with Crippen molar-refractivity contribution in [3.8, 4) is 0 Å². The lowest BCUT2D eigenvalue weighted by molar-refractivity contribution is 0.545. The number of H-pyrrole nitrogens is 1. The first-order valence-corrected chi connectivity index (χ1v) is 5.41. The molecule has 86 valence electrons. The average molecular weight is 223 g/mol. The lowest BCUT2D eigenvalue weighted by Crippen LogP contribution is -2.06. The van der Waals surface area contributed by atoms with Crippen LogP contribution in [0.4, 0.5) is 10.2 Å². The monoisotopic (exact) mass is 223 g/mol. The highest BCUT2D eigenvalue weighted by Gasteiger charge is 2.08. The van der Waals surface area contributed by atoms with Gasteiger partial charge in [-0.25, -0.2) is 4.98 Å². The van der Waals surface area contributed by atoms with Crippen LogP contribution in [-0.4, -0.2) is 26.5 Å². The summed E-state index contributed by atoms with van der Waals surface area (Å²) in [5.41, 5.74) is 1.00. The molecular formula is C10H14FN5. The van der Waals surface area contributed by atoms with E-state index in [1.807, 2.05) is 0 Å². The fourth-order valence-corrected chi connectivity index (χ4v) is 1.52. The van der Waals surface area contributed by atoms with E-state index in [0.29, 0.717) is 17.0 Å². The van der Waals surface area contributed by atoms with Crippen molar-refractivity contribution in [2.24, 2.45) is 0 Å². The standard InChI is InChI=1S/C10H14FN5/c1-2-3-4-5-12-8-7-9(14-6-13-7)16-10(11)15-8/h6H,2-5H2,1H3,(H2,12,13,14,15,16). The van der Waals surface area contributed by atoms with E-state index in [1.165, 1.54) is 6.33 Å². The predicted octanol–water partition coefficient (Wildman–Crippen LogP) is 2.09. The van der Waals surface area contributed by atoms with Crippen LogP contribution in [0, 0.1) is 6.08 Å². The molecule has 2 aromatic rings. The highest BCUT2D eigenvalue weighted by atomic mass is 19.1. The van der Waals surface area contributed by atoms with Crippen LogP contribution in [0.3, 0.4) is 0 Å². The van der Waals surface area contributed by atoms with E-state index in [0.717, 1.165) is 25.8 Å². The Labute approximate surface area is 92.5 Å². The maximum Gasteiger partial charge on any atom is 0.312 e. The quantitative estimate of drug-likeness (QED) is 0.601. The lowest BCUT2D eigenvalue weighted by atomic mass is 10.2. The van der Waals surface area contributed by atoms with Crippen LogP contribution in [0.25, 0.3) is 11.2 Å². The number of rotatable bonds is 5. The fraction of sp³-hybridized carbons (Fsp3) is 0.500. The summed E-state index contributed by atoms with van der Waals surface area (Å²) < 4.78 is 13.0. The number of hydrogen-bond acceptors (Lipinski definition) is 4. The van der Waals surface area contributed by atoms with Crippen molar-refractivity contribution in [1.82, 2.24) is 19.9 Å². The first kappa shape index (κ1) is 10.8. The van der Waals surface area contributed by atoms with Crippen LogP contribution in [0.15, 0.2) is 6.33 Å². The normalized spacial score (nSPS) is 10.9. The third kappa shape index (κ3) is 2.26. The molecule has 16 heavy (non-hydrogen) atoms. The molecule has 0 spiro atoms. The summed E-state index contributed by atoms with van der Waals surface area (Å²) in [5.74, 6) is 0.483. The summed E-state index contributed by atoms with van der Waals surface area (Å²) in [7, 11) is 0. The van der Waals surface area contributed by atoms with Crippen LogP contribution >= 0.6 is 0 Å². The SMILES string of the molecule is CCCCCNc1nc(F)nc2nc[nH]c12. The van der Waals surface area contributed by atoms with Crippen molar-refractivity contribution < 1.29 is 4.39 Å². The lowest BCUT2D eigenvalue weighted by Gasteiger charge is -2.05. The van der Waals surface area contributed by atoms with Crippen molar-refractivity contribution in [3.05, 3.63) is 12.4 Å². The Hall–Kier alpha value is -1.72. The number of nitrogens with zero attached hydrogens (tertiary/aromatic N) is 3. The molecule has 6 heteroatoms. The Bertz CT molecular complexity index is 467. The smallest absolute Gasteiger partial charge is 0.312 e. The van der Waals surface area contributed by atoms with Crippen LogP contribution < -0.4 is 5.32 Å². The summed E-state index contributed by atoms with van der Waals surface area (Å²) in [6.07, 6.45) is 4.07. The molecule has 0 aliphatic heterocycles. The van der Waals surface area contributed by atoms with Gasteiger partial charge in [0.1, 0.15) is 5.52 Å². The number of aromatic amines is 1. The zero-order valence-electron chi connectivity index (χ0n) is 9.13. The van der Waals surface area contributed by atoms with Gasteiger partial charge in [0.05, 0.1) is 6.33 Å². The molecule has 0 unspecified atom stereocenters. The van der Waals surface area contributed by atoms with Gasteiger partial charge in [0.25, 0.3) is 0 Å². The molecule has 0 aromatic carbocycles. The molecule has 0 saturated carbocycles.